The maximum Gasteiger partial charge on any atom is 0.241 e. The van der Waals surface area contributed by atoms with Gasteiger partial charge < -0.3 is 27.4 Å². The summed E-state index contributed by atoms with van der Waals surface area (Å²) < 4.78 is 15.2. The Labute approximate surface area is 717 Å². The van der Waals surface area contributed by atoms with Crippen LogP contribution in [0, 0.1) is 20.8 Å². The summed E-state index contributed by atoms with van der Waals surface area (Å²) >= 11 is 0. The molecule has 0 aliphatic heterocycles. The Bertz CT molecular complexity index is 8150. The molecule has 6 heterocycles. The topological polar surface area (TPSA) is 29.6 Å². The fraction of sp³-hybridized carbons (Fsp3) is 0.0256. The highest BCUT2D eigenvalue weighted by Gasteiger charge is 2.31. The molecule has 0 bridgehead atoms. The highest BCUT2D eigenvalue weighted by molar-refractivity contribution is 6.96. The van der Waals surface area contributed by atoms with Gasteiger partial charge in [0.15, 0.2) is 0 Å². The quantitative estimate of drug-likeness (QED) is 0.103. The molecule has 0 N–H and O–H groups in total. The van der Waals surface area contributed by atoms with Crippen molar-refractivity contribution < 1.29 is 0 Å². The summed E-state index contributed by atoms with van der Waals surface area (Å²) in [5.41, 5.74) is 37.4. The molecular weight excluding hydrogens is 1500 g/mol. The zero-order chi connectivity index (χ0) is 81.9. The van der Waals surface area contributed by atoms with Crippen LogP contribution in [0.2, 0.25) is 0 Å². The Morgan fingerprint density at radius 1 is 0.161 bits per heavy atom. The number of aromatic nitrogens is 6. The third-order valence-corrected chi connectivity index (χ3v) is 26.5. The SMILES string of the molecule is Cc1cc(C)c(B(c2ccc3c(c2)c2cc(-n4c5ccc(-c6ccccc6)cc5c5ccc6c7cc(-c8ccccc8)ccc7n(-c7ccccc7)c6c54)ccc2n3-c2ccccc2)c2ccc3c(c2)c2cc(-n4c5ccc(-c6ccccc6)cc5c5ccc6c7cc(-c8ccccc8)ccc7n(-c7ccccc7)c6c54)ccc2n3-c2ccccc2)c(C)c1. The summed E-state index contributed by atoms with van der Waals surface area (Å²) in [6, 6.07) is 159. The molecule has 0 fully saturated rings. The third-order valence-electron chi connectivity index (χ3n) is 26.5. The van der Waals surface area contributed by atoms with Crippen LogP contribution in [0.15, 0.2) is 425 Å². The largest absolute Gasteiger partial charge is 0.309 e. The number of fused-ring (bicyclic) bond motifs is 20. The van der Waals surface area contributed by atoms with Crippen LogP contribution in [0.3, 0.4) is 0 Å². The van der Waals surface area contributed by atoms with Gasteiger partial charge in [-0.05, 0) is 211 Å². The number of rotatable bonds is 13. The fourth-order valence-electron chi connectivity index (χ4n) is 21.2. The second kappa shape index (κ2) is 28.1. The van der Waals surface area contributed by atoms with Crippen molar-refractivity contribution in [3.05, 3.63) is 441 Å². The molecule has 0 saturated heterocycles. The molecule has 0 amide bonds. The van der Waals surface area contributed by atoms with E-state index < -0.39 is 0 Å². The molecule has 7 heteroatoms. The number of hydrogen-bond donors (Lipinski definition) is 0. The highest BCUT2D eigenvalue weighted by atomic mass is 15.1. The van der Waals surface area contributed by atoms with E-state index in [0.717, 1.165) is 100 Å². The van der Waals surface area contributed by atoms with Gasteiger partial charge in [0.05, 0.1) is 66.2 Å². The zero-order valence-electron chi connectivity index (χ0n) is 68.7. The van der Waals surface area contributed by atoms with Gasteiger partial charge in [-0.3, -0.25) is 0 Å². The van der Waals surface area contributed by atoms with E-state index in [4.69, 9.17) is 0 Å². The lowest BCUT2D eigenvalue weighted by atomic mass is 9.35. The van der Waals surface area contributed by atoms with Gasteiger partial charge in [-0.25, -0.2) is 0 Å². The van der Waals surface area contributed by atoms with E-state index >= 15 is 0 Å². The van der Waals surface area contributed by atoms with Gasteiger partial charge in [0, 0.05) is 98.8 Å². The molecule has 580 valence electrons. The van der Waals surface area contributed by atoms with Crippen molar-refractivity contribution in [3.63, 3.8) is 0 Å². The van der Waals surface area contributed by atoms with Crippen LogP contribution in [0.25, 0.3) is 209 Å². The van der Waals surface area contributed by atoms with Crippen molar-refractivity contribution in [1.82, 2.24) is 27.4 Å². The number of benzene rings is 19. The smallest absolute Gasteiger partial charge is 0.241 e. The first-order valence-electron chi connectivity index (χ1n) is 43.1. The normalized spacial score (nSPS) is 12.0. The van der Waals surface area contributed by atoms with E-state index in [1.807, 2.05) is 0 Å². The third kappa shape index (κ3) is 11.0. The van der Waals surface area contributed by atoms with E-state index in [9.17, 15) is 0 Å². The Morgan fingerprint density at radius 2 is 0.387 bits per heavy atom. The monoisotopic (exact) mass is 1580 g/mol. The first-order valence-corrected chi connectivity index (χ1v) is 43.1. The minimum absolute atomic E-state index is 0.190. The standard InChI is InChI=1S/C117H79BN6/c1-74-64-75(2)113(76(3)65-74)118(85-48-60-105-101(70-85)103-72-91(50-62-107(103)119(105)87-36-20-8-21-37-87)123-111-58-46-83(79-32-16-6-17-33-79)68-99(111)95-54-52-93-97-66-81(77-28-12-4-13-29-77)44-56-109(97)121(114(93)116(95)123)89-40-24-10-25-41-89)86-49-61-106-102(71-86)104-73-92(51-63-108(104)120(106)88-38-22-9-23-39-88)124-112-59-47-84(80-34-18-7-19-35-80)69-100(112)96-55-53-94-98-67-82(78-30-14-5-15-31-78)45-57-110(98)122(115(94)117(96)124)90-42-26-11-27-43-90/h4-73H,1-3H3. The first kappa shape index (κ1) is 71.0. The number of para-hydroxylation sites is 4. The molecule has 0 radical (unpaired) electrons. The van der Waals surface area contributed by atoms with E-state index in [1.54, 1.807) is 0 Å². The number of aryl methyl sites for hydroxylation is 3. The Morgan fingerprint density at radius 3 is 0.677 bits per heavy atom. The van der Waals surface area contributed by atoms with Gasteiger partial charge >= 0.3 is 0 Å². The van der Waals surface area contributed by atoms with E-state index in [0.29, 0.717) is 0 Å². The van der Waals surface area contributed by atoms with E-state index in [1.165, 1.54) is 142 Å². The van der Waals surface area contributed by atoms with Gasteiger partial charge in [0.2, 0.25) is 6.71 Å². The van der Waals surface area contributed by atoms with Crippen molar-refractivity contribution in [3.8, 4) is 78.6 Å². The highest BCUT2D eigenvalue weighted by Crippen LogP contribution is 2.48. The predicted octanol–water partition coefficient (Wildman–Crippen LogP) is 28.4. The van der Waals surface area contributed by atoms with Crippen LogP contribution >= 0.6 is 0 Å². The molecule has 0 unspecified atom stereocenters. The van der Waals surface area contributed by atoms with Gasteiger partial charge in [-0.1, -0.05) is 312 Å². The van der Waals surface area contributed by atoms with E-state index in [2.05, 4.69) is 473 Å². The molecule has 25 aromatic rings. The number of hydrogen-bond acceptors (Lipinski definition) is 0. The van der Waals surface area contributed by atoms with Gasteiger partial charge in [0.1, 0.15) is 0 Å². The molecule has 0 aliphatic rings. The van der Waals surface area contributed by atoms with Crippen molar-refractivity contribution in [2.24, 2.45) is 0 Å². The maximum absolute atomic E-state index is 2.58. The van der Waals surface area contributed by atoms with Crippen molar-refractivity contribution in [2.75, 3.05) is 0 Å². The summed E-state index contributed by atoms with van der Waals surface area (Å²) in [4.78, 5) is 0. The van der Waals surface area contributed by atoms with Gasteiger partial charge in [-0.2, -0.15) is 0 Å². The average molecular weight is 1580 g/mol. The Hall–Kier alpha value is -16.0. The van der Waals surface area contributed by atoms with Crippen LogP contribution in [0.1, 0.15) is 16.7 Å². The van der Waals surface area contributed by atoms with Crippen molar-refractivity contribution >= 4 is 154 Å². The lowest BCUT2D eigenvalue weighted by Crippen LogP contribution is -2.54. The summed E-state index contributed by atoms with van der Waals surface area (Å²) in [5.74, 6) is 0. The Kier molecular flexibility index (Phi) is 16.1. The summed E-state index contributed by atoms with van der Waals surface area (Å²) in [5, 5.41) is 14.3. The minimum Gasteiger partial charge on any atom is -0.309 e. The first-order chi connectivity index (χ1) is 61.3. The fourth-order valence-corrected chi connectivity index (χ4v) is 21.2. The summed E-state index contributed by atoms with van der Waals surface area (Å²) in [7, 11) is 0. The zero-order valence-corrected chi connectivity index (χ0v) is 68.7. The van der Waals surface area contributed by atoms with Crippen molar-refractivity contribution in [1.29, 1.82) is 0 Å². The molecule has 6 aromatic heterocycles. The predicted molar refractivity (Wildman–Crippen MR) is 526 cm³/mol. The van der Waals surface area contributed by atoms with Crippen LogP contribution in [-0.2, 0) is 0 Å². The summed E-state index contributed by atoms with van der Waals surface area (Å²) in [6.45, 7) is 6.71. The molecule has 6 nitrogen and oxygen atoms in total. The Balaban J connectivity index is 0.735. The van der Waals surface area contributed by atoms with Gasteiger partial charge in [0.25, 0.3) is 0 Å². The lowest BCUT2D eigenvalue weighted by Gasteiger charge is -2.22. The molecule has 0 aliphatic carbocycles. The molecule has 124 heavy (non-hydrogen) atoms. The molecule has 0 spiro atoms. The molecule has 0 atom stereocenters. The maximum atomic E-state index is 2.58. The molecule has 25 rings (SSSR count). The van der Waals surface area contributed by atoms with Crippen LogP contribution in [0.4, 0.5) is 0 Å². The lowest BCUT2D eigenvalue weighted by molar-refractivity contribution is 1.15. The minimum atomic E-state index is -0.190. The molecular formula is C117H79BN6. The van der Waals surface area contributed by atoms with Gasteiger partial charge in [-0.15, -0.1) is 0 Å². The second-order valence-corrected chi connectivity index (χ2v) is 33.7. The second-order valence-electron chi connectivity index (χ2n) is 33.7. The van der Waals surface area contributed by atoms with Crippen LogP contribution < -0.4 is 16.4 Å². The van der Waals surface area contributed by atoms with Crippen LogP contribution in [0.5, 0.6) is 0 Å². The average Bonchev–Trinajstić information content (AvgIpc) is 1.54. The molecule has 19 aromatic carbocycles. The van der Waals surface area contributed by atoms with Crippen LogP contribution in [-0.4, -0.2) is 34.1 Å². The summed E-state index contributed by atoms with van der Waals surface area (Å²) in [6.07, 6.45) is 0. The number of nitrogens with zero attached hydrogens (tertiary/aromatic N) is 6. The van der Waals surface area contributed by atoms with E-state index in [-0.39, 0.29) is 6.71 Å². The van der Waals surface area contributed by atoms with Crippen molar-refractivity contribution in [2.45, 2.75) is 20.8 Å². The molecule has 0 saturated carbocycles.